The van der Waals surface area contributed by atoms with E-state index in [9.17, 15) is 9.18 Å². The van der Waals surface area contributed by atoms with Gasteiger partial charge < -0.3 is 5.32 Å². The average Bonchev–Trinajstić information content (AvgIpc) is 3.10. The number of fused-ring (bicyclic) bond motifs is 1. The normalized spacial score (nSPS) is 10.9. The Kier molecular flexibility index (Phi) is 4.68. The van der Waals surface area contributed by atoms with Crippen LogP contribution in [-0.2, 0) is 11.2 Å². The Labute approximate surface area is 162 Å². The maximum absolute atomic E-state index is 13.6. The Morgan fingerprint density at radius 1 is 1.19 bits per heavy atom. The lowest BCUT2D eigenvalue weighted by Crippen LogP contribution is -2.14. The number of H-pyrrole nitrogens is 1. The summed E-state index contributed by atoms with van der Waals surface area (Å²) in [5.41, 5.74) is 3.50. The first-order valence-corrected chi connectivity index (χ1v) is 9.02. The molecule has 5 nitrogen and oxygen atoms in total. The number of aromatic amines is 1. The van der Waals surface area contributed by atoms with E-state index in [1.165, 1.54) is 12.1 Å². The minimum atomic E-state index is -0.333. The molecule has 0 unspecified atom stereocenters. The van der Waals surface area contributed by atoms with Crippen molar-refractivity contribution < 1.29 is 9.18 Å². The molecule has 134 valence electrons. The van der Waals surface area contributed by atoms with Gasteiger partial charge in [-0.3, -0.25) is 14.9 Å². The van der Waals surface area contributed by atoms with Gasteiger partial charge in [0.25, 0.3) is 0 Å². The molecule has 0 bridgehead atoms. The number of nitrogens with zero attached hydrogens (tertiary/aromatic N) is 2. The van der Waals surface area contributed by atoms with Crippen molar-refractivity contribution in [2.24, 2.45) is 0 Å². The Balaban J connectivity index is 1.67. The number of amides is 1. The van der Waals surface area contributed by atoms with Crippen LogP contribution in [0.4, 0.5) is 10.1 Å². The van der Waals surface area contributed by atoms with Gasteiger partial charge in [-0.1, -0.05) is 18.2 Å². The van der Waals surface area contributed by atoms with Gasteiger partial charge in [0.15, 0.2) is 0 Å². The van der Waals surface area contributed by atoms with Gasteiger partial charge >= 0.3 is 0 Å². The largest absolute Gasteiger partial charge is 0.325 e. The number of carbonyl (C=O) groups excluding carboxylic acids is 1. The Morgan fingerprint density at radius 3 is 2.85 bits per heavy atom. The Bertz CT molecular complexity index is 1130. The molecule has 0 saturated heterocycles. The van der Waals surface area contributed by atoms with Crippen molar-refractivity contribution in [2.45, 2.75) is 6.42 Å². The molecule has 2 heterocycles. The zero-order valence-electron chi connectivity index (χ0n) is 14.0. The quantitative estimate of drug-likeness (QED) is 0.498. The predicted molar refractivity (Wildman–Crippen MR) is 106 cm³/mol. The van der Waals surface area contributed by atoms with E-state index in [1.807, 2.05) is 12.1 Å². The fourth-order valence-corrected chi connectivity index (χ4v) is 3.53. The van der Waals surface area contributed by atoms with Crippen molar-refractivity contribution in [3.63, 3.8) is 0 Å². The van der Waals surface area contributed by atoms with E-state index >= 15 is 0 Å². The van der Waals surface area contributed by atoms with Crippen molar-refractivity contribution in [3.8, 4) is 11.3 Å². The summed E-state index contributed by atoms with van der Waals surface area (Å²) in [6.07, 6.45) is 3.55. The number of anilines is 1. The number of rotatable bonds is 4. The van der Waals surface area contributed by atoms with Crippen LogP contribution in [0.2, 0.25) is 0 Å². The minimum Gasteiger partial charge on any atom is -0.325 e. The van der Waals surface area contributed by atoms with E-state index in [2.05, 4.69) is 36.4 Å². The summed E-state index contributed by atoms with van der Waals surface area (Å²) in [6, 6.07) is 13.5. The summed E-state index contributed by atoms with van der Waals surface area (Å²) in [4.78, 5) is 16.4. The molecule has 2 aromatic carbocycles. The van der Waals surface area contributed by atoms with Crippen molar-refractivity contribution in [1.82, 2.24) is 15.2 Å². The lowest BCUT2D eigenvalue weighted by Gasteiger charge is -2.09. The summed E-state index contributed by atoms with van der Waals surface area (Å²) in [5, 5.41) is 10.9. The van der Waals surface area contributed by atoms with Crippen LogP contribution in [-0.4, -0.2) is 21.1 Å². The summed E-state index contributed by atoms with van der Waals surface area (Å²) < 4.78 is 14.3. The van der Waals surface area contributed by atoms with Crippen LogP contribution in [0.3, 0.4) is 0 Å². The zero-order valence-corrected chi connectivity index (χ0v) is 15.6. The lowest BCUT2D eigenvalue weighted by atomic mass is 10.1. The van der Waals surface area contributed by atoms with E-state index in [1.54, 1.807) is 36.7 Å². The average molecular weight is 425 g/mol. The highest BCUT2D eigenvalue weighted by molar-refractivity contribution is 9.10. The molecule has 1 amide bonds. The van der Waals surface area contributed by atoms with E-state index in [4.69, 9.17) is 0 Å². The van der Waals surface area contributed by atoms with Crippen LogP contribution in [0, 0.1) is 5.82 Å². The molecule has 27 heavy (non-hydrogen) atoms. The summed E-state index contributed by atoms with van der Waals surface area (Å²) in [7, 11) is 0. The van der Waals surface area contributed by atoms with Crippen molar-refractivity contribution >= 4 is 38.4 Å². The summed E-state index contributed by atoms with van der Waals surface area (Å²) >= 11 is 3.56. The smallest absolute Gasteiger partial charge is 0.228 e. The number of pyridine rings is 1. The van der Waals surface area contributed by atoms with Gasteiger partial charge in [-0.05, 0) is 51.8 Å². The third-order valence-electron chi connectivity index (χ3n) is 4.13. The van der Waals surface area contributed by atoms with Crippen LogP contribution in [0.25, 0.3) is 22.2 Å². The second-order valence-corrected chi connectivity index (χ2v) is 6.81. The van der Waals surface area contributed by atoms with Gasteiger partial charge in [-0.25, -0.2) is 4.39 Å². The van der Waals surface area contributed by atoms with Crippen LogP contribution in [0.1, 0.15) is 5.56 Å². The number of hydrogen-bond donors (Lipinski definition) is 2. The molecule has 7 heteroatoms. The molecule has 4 rings (SSSR count). The lowest BCUT2D eigenvalue weighted by molar-refractivity contribution is -0.115. The van der Waals surface area contributed by atoms with E-state index < -0.39 is 0 Å². The molecule has 0 saturated carbocycles. The molecular formula is C20H14BrFN4O. The highest BCUT2D eigenvalue weighted by Gasteiger charge is 2.16. The Hall–Kier alpha value is -3.06. The van der Waals surface area contributed by atoms with Crippen LogP contribution in [0.15, 0.2) is 65.4 Å². The SMILES string of the molecule is O=C(Cc1cccnc1)Nc1ccc2[nH]nc(-c3cccc(F)c3)c2c1Br. The number of benzene rings is 2. The molecule has 0 atom stereocenters. The van der Waals surface area contributed by atoms with Gasteiger partial charge in [-0.2, -0.15) is 5.10 Å². The van der Waals surface area contributed by atoms with E-state index in [0.717, 1.165) is 16.5 Å². The first-order chi connectivity index (χ1) is 13.1. The Morgan fingerprint density at radius 2 is 2.07 bits per heavy atom. The van der Waals surface area contributed by atoms with Crippen LogP contribution >= 0.6 is 15.9 Å². The molecule has 0 radical (unpaired) electrons. The fourth-order valence-electron chi connectivity index (χ4n) is 2.90. The third kappa shape index (κ3) is 3.59. The molecule has 0 spiro atoms. The summed E-state index contributed by atoms with van der Waals surface area (Å²) in [5.74, 6) is -0.487. The third-order valence-corrected chi connectivity index (χ3v) is 4.95. The number of carbonyl (C=O) groups is 1. The maximum atomic E-state index is 13.6. The monoisotopic (exact) mass is 424 g/mol. The molecule has 0 aliphatic rings. The number of nitrogens with one attached hydrogen (secondary N) is 2. The maximum Gasteiger partial charge on any atom is 0.228 e. The van der Waals surface area contributed by atoms with Gasteiger partial charge in [0.2, 0.25) is 5.91 Å². The zero-order chi connectivity index (χ0) is 18.8. The van der Waals surface area contributed by atoms with Gasteiger partial charge in [-0.15, -0.1) is 0 Å². The molecule has 0 aliphatic carbocycles. The standard InChI is InChI=1S/C20H14BrFN4O/c21-19-16(24-17(27)9-12-3-2-8-23-11-12)7-6-15-18(19)20(26-25-15)13-4-1-5-14(22)10-13/h1-8,10-11H,9H2,(H,24,27)(H,25,26). The van der Waals surface area contributed by atoms with E-state index in [0.29, 0.717) is 21.4 Å². The molecule has 2 N–H and O–H groups in total. The molecule has 0 aliphatic heterocycles. The van der Waals surface area contributed by atoms with Gasteiger partial charge in [0.05, 0.1) is 22.1 Å². The number of halogens is 2. The molecule has 0 fully saturated rings. The minimum absolute atomic E-state index is 0.154. The fraction of sp³-hybridized carbons (Fsp3) is 0.0500. The number of hydrogen-bond acceptors (Lipinski definition) is 3. The van der Waals surface area contributed by atoms with Crippen molar-refractivity contribution in [3.05, 3.63) is 76.8 Å². The van der Waals surface area contributed by atoms with Crippen molar-refractivity contribution in [1.29, 1.82) is 0 Å². The first-order valence-electron chi connectivity index (χ1n) is 8.23. The van der Waals surface area contributed by atoms with Gasteiger partial charge in [0.1, 0.15) is 11.5 Å². The predicted octanol–water partition coefficient (Wildman–Crippen LogP) is 4.71. The highest BCUT2D eigenvalue weighted by Crippen LogP contribution is 2.37. The second-order valence-electron chi connectivity index (χ2n) is 6.02. The molecule has 2 aromatic heterocycles. The number of aromatic nitrogens is 3. The van der Waals surface area contributed by atoms with E-state index in [-0.39, 0.29) is 18.1 Å². The summed E-state index contributed by atoms with van der Waals surface area (Å²) in [6.45, 7) is 0. The highest BCUT2D eigenvalue weighted by atomic mass is 79.9. The molecule has 4 aromatic rings. The van der Waals surface area contributed by atoms with Crippen molar-refractivity contribution in [2.75, 3.05) is 5.32 Å². The van der Waals surface area contributed by atoms with Crippen LogP contribution < -0.4 is 5.32 Å². The molecular weight excluding hydrogens is 411 g/mol. The van der Waals surface area contributed by atoms with Crippen LogP contribution in [0.5, 0.6) is 0 Å². The topological polar surface area (TPSA) is 70.7 Å². The first kappa shape index (κ1) is 17.4. The van der Waals surface area contributed by atoms with Gasteiger partial charge in [0, 0.05) is 23.3 Å². The second kappa shape index (κ2) is 7.28.